The maximum atomic E-state index is 13.9. The lowest BCUT2D eigenvalue weighted by Gasteiger charge is -2.34. The lowest BCUT2D eigenvalue weighted by Crippen LogP contribution is -2.44. The molecule has 3 amide bonds. The van der Waals surface area contributed by atoms with Gasteiger partial charge in [0.2, 0.25) is 10.0 Å². The Labute approximate surface area is 265 Å². The molecule has 3 aliphatic heterocycles. The summed E-state index contributed by atoms with van der Waals surface area (Å²) in [5.41, 5.74) is 1.01. The number of likely N-dealkylation sites (N-methyl/N-ethyl adjacent to an activating group) is 1. The fourth-order valence-electron chi connectivity index (χ4n) is 6.02. The van der Waals surface area contributed by atoms with Gasteiger partial charge < -0.3 is 30.1 Å². The van der Waals surface area contributed by atoms with Crippen molar-refractivity contribution in [1.29, 1.82) is 0 Å². The number of hydrogen-bond donors (Lipinski definition) is 3. The zero-order valence-corrected chi connectivity index (χ0v) is 26.6. The van der Waals surface area contributed by atoms with Crippen LogP contribution in [0.3, 0.4) is 0 Å². The molecule has 3 aromatic rings. The Bertz CT molecular complexity index is 1750. The second kappa shape index (κ2) is 12.2. The van der Waals surface area contributed by atoms with Crippen molar-refractivity contribution >= 4 is 39.2 Å². The Morgan fingerprint density at radius 2 is 1.63 bits per heavy atom. The molecular formula is C30H36F2N8O5S. The average Bonchev–Trinajstić information content (AvgIpc) is 3.55. The largest absolute Gasteiger partial charge is 0.378 e. The maximum absolute atomic E-state index is 13.9. The number of ether oxygens (including phenoxy) is 1. The van der Waals surface area contributed by atoms with Gasteiger partial charge in [-0.15, -0.1) is 0 Å². The summed E-state index contributed by atoms with van der Waals surface area (Å²) in [7, 11) is -2.30. The monoisotopic (exact) mass is 658 g/mol. The highest BCUT2D eigenvalue weighted by Crippen LogP contribution is 2.44. The van der Waals surface area contributed by atoms with E-state index in [9.17, 15) is 26.8 Å². The number of nitrogens with zero attached hydrogens (tertiary/aromatic N) is 5. The molecule has 2 fully saturated rings. The van der Waals surface area contributed by atoms with Crippen LogP contribution in [0, 0.1) is 11.6 Å². The number of piperazine rings is 1. The molecular weight excluding hydrogens is 622 g/mol. The first-order chi connectivity index (χ1) is 21.8. The van der Waals surface area contributed by atoms with E-state index in [0.717, 1.165) is 48.3 Å². The molecule has 0 aliphatic carbocycles. The Morgan fingerprint density at radius 1 is 0.957 bits per heavy atom. The normalized spacial score (nSPS) is 18.8. The van der Waals surface area contributed by atoms with Gasteiger partial charge in [0.05, 0.1) is 40.6 Å². The van der Waals surface area contributed by atoms with Crippen LogP contribution in [0.2, 0.25) is 0 Å². The topological polar surface area (TPSA) is 143 Å². The fraction of sp³-hybridized carbons (Fsp3) is 0.433. The van der Waals surface area contributed by atoms with E-state index in [2.05, 4.69) is 37.7 Å². The van der Waals surface area contributed by atoms with Gasteiger partial charge in [-0.05, 0) is 51.2 Å². The molecule has 4 heterocycles. The van der Waals surface area contributed by atoms with Gasteiger partial charge in [0.1, 0.15) is 11.6 Å². The molecule has 46 heavy (non-hydrogen) atoms. The summed E-state index contributed by atoms with van der Waals surface area (Å²) in [6.45, 7) is 8.05. The molecule has 0 bridgehead atoms. The first-order valence-electron chi connectivity index (χ1n) is 14.9. The number of anilines is 3. The lowest BCUT2D eigenvalue weighted by molar-refractivity contribution is 0.0564. The molecule has 0 saturated carbocycles. The van der Waals surface area contributed by atoms with E-state index in [1.807, 2.05) is 6.07 Å². The quantitative estimate of drug-likeness (QED) is 0.367. The van der Waals surface area contributed by atoms with Gasteiger partial charge in [0, 0.05) is 63.1 Å². The second-order valence-corrected chi connectivity index (χ2v) is 14.0. The standard InChI is InChI=1S/C30H36F2N8O5S/c1-30(2)26-24(18-40(30)46(43,44)22-15-19(31)14-20(32)16-22)27(36-35-26)34-28(41)23-5-4-21(38-8-6-37(3)7-9-38)17-25(23)33-29(42)39-10-12-45-13-11-39/h4-5,14-17H,6-13,18H2,1-3H3,(H,33,42)(H2,34,35,36,41). The number of urea groups is 1. The molecule has 2 saturated heterocycles. The molecule has 0 radical (unpaired) electrons. The number of H-pyrrole nitrogens is 1. The van der Waals surface area contributed by atoms with Crippen LogP contribution < -0.4 is 15.5 Å². The molecule has 3 N–H and O–H groups in total. The number of aromatic amines is 1. The minimum Gasteiger partial charge on any atom is -0.378 e. The van der Waals surface area contributed by atoms with Crippen LogP contribution in [0.15, 0.2) is 41.3 Å². The summed E-state index contributed by atoms with van der Waals surface area (Å²) in [4.78, 5) is 32.5. The zero-order chi connectivity index (χ0) is 32.8. The van der Waals surface area contributed by atoms with Gasteiger partial charge in [0.25, 0.3) is 5.91 Å². The average molecular weight is 659 g/mol. The third kappa shape index (κ3) is 6.04. The highest BCUT2D eigenvalue weighted by Gasteiger charge is 2.48. The highest BCUT2D eigenvalue weighted by molar-refractivity contribution is 7.89. The van der Waals surface area contributed by atoms with Crippen LogP contribution in [0.5, 0.6) is 0 Å². The number of nitrogens with one attached hydrogen (secondary N) is 3. The van der Waals surface area contributed by atoms with E-state index in [1.165, 1.54) is 0 Å². The minimum absolute atomic E-state index is 0.102. The molecule has 0 spiro atoms. The second-order valence-electron chi connectivity index (χ2n) is 12.1. The van der Waals surface area contributed by atoms with Crippen LogP contribution >= 0.6 is 0 Å². The molecule has 0 atom stereocenters. The molecule has 6 rings (SSSR count). The van der Waals surface area contributed by atoms with Crippen molar-refractivity contribution in [3.05, 3.63) is 64.9 Å². The Hall–Kier alpha value is -4.12. The first-order valence-corrected chi connectivity index (χ1v) is 16.4. The van der Waals surface area contributed by atoms with Gasteiger partial charge in [0.15, 0.2) is 5.82 Å². The van der Waals surface area contributed by atoms with Crippen LogP contribution in [0.1, 0.15) is 35.5 Å². The number of carbonyl (C=O) groups is 2. The number of halogens is 2. The van der Waals surface area contributed by atoms with E-state index in [4.69, 9.17) is 4.74 Å². The fourth-order valence-corrected chi connectivity index (χ4v) is 7.78. The van der Waals surface area contributed by atoms with E-state index in [1.54, 1.807) is 30.9 Å². The highest BCUT2D eigenvalue weighted by atomic mass is 32.2. The van der Waals surface area contributed by atoms with Crippen molar-refractivity contribution in [2.45, 2.75) is 30.8 Å². The Balaban J connectivity index is 1.27. The summed E-state index contributed by atoms with van der Waals surface area (Å²) in [6.07, 6.45) is 0. The van der Waals surface area contributed by atoms with Crippen molar-refractivity contribution in [3.8, 4) is 0 Å². The van der Waals surface area contributed by atoms with Gasteiger partial charge in [-0.2, -0.15) is 9.40 Å². The van der Waals surface area contributed by atoms with Crippen molar-refractivity contribution in [1.82, 2.24) is 24.3 Å². The molecule has 246 valence electrons. The third-order valence-electron chi connectivity index (χ3n) is 8.72. The SMILES string of the molecule is CN1CCN(c2ccc(C(=O)Nc3n[nH]c4c3CN(S(=O)(=O)c3cc(F)cc(F)c3)C4(C)C)c(NC(=O)N3CCOCC3)c2)CC1. The van der Waals surface area contributed by atoms with E-state index >= 15 is 0 Å². The number of carbonyl (C=O) groups excluding carboxylic acids is 2. The van der Waals surface area contributed by atoms with Crippen LogP contribution in [0.25, 0.3) is 0 Å². The summed E-state index contributed by atoms with van der Waals surface area (Å²) in [6, 6.07) is 7.03. The van der Waals surface area contributed by atoms with Crippen molar-refractivity contribution in [3.63, 3.8) is 0 Å². The van der Waals surface area contributed by atoms with Crippen LogP contribution in [-0.2, 0) is 26.8 Å². The number of hydrogen-bond acceptors (Lipinski definition) is 8. The number of rotatable bonds is 6. The van der Waals surface area contributed by atoms with Gasteiger partial charge in [-0.25, -0.2) is 22.0 Å². The predicted molar refractivity (Wildman–Crippen MR) is 166 cm³/mol. The van der Waals surface area contributed by atoms with E-state index in [-0.39, 0.29) is 24.0 Å². The summed E-state index contributed by atoms with van der Waals surface area (Å²) < 4.78 is 61.5. The molecule has 13 nitrogen and oxygen atoms in total. The molecule has 1 aromatic heterocycles. The predicted octanol–water partition coefficient (Wildman–Crippen LogP) is 3.00. The van der Waals surface area contributed by atoms with Crippen molar-refractivity contribution < 1.29 is 31.5 Å². The Morgan fingerprint density at radius 3 is 2.30 bits per heavy atom. The summed E-state index contributed by atoms with van der Waals surface area (Å²) >= 11 is 0. The van der Waals surface area contributed by atoms with Crippen molar-refractivity contribution in [2.24, 2.45) is 0 Å². The van der Waals surface area contributed by atoms with Crippen LogP contribution in [-0.4, -0.2) is 104 Å². The zero-order valence-electron chi connectivity index (χ0n) is 25.8. The number of amides is 3. The van der Waals surface area contributed by atoms with E-state index in [0.29, 0.717) is 49.3 Å². The summed E-state index contributed by atoms with van der Waals surface area (Å²) in [5.74, 6) is -2.50. The lowest BCUT2D eigenvalue weighted by atomic mass is 10.0. The Kier molecular flexibility index (Phi) is 8.47. The third-order valence-corrected chi connectivity index (χ3v) is 10.7. The van der Waals surface area contributed by atoms with Gasteiger partial charge >= 0.3 is 6.03 Å². The number of benzene rings is 2. The smallest absolute Gasteiger partial charge is 0.322 e. The number of fused-ring (bicyclic) bond motifs is 1. The summed E-state index contributed by atoms with van der Waals surface area (Å²) in [5, 5.41) is 12.8. The van der Waals surface area contributed by atoms with Gasteiger partial charge in [-0.1, -0.05) is 0 Å². The first kappa shape index (κ1) is 31.8. The minimum atomic E-state index is -4.35. The molecule has 3 aliphatic rings. The number of morpholine rings is 1. The number of sulfonamides is 1. The molecule has 16 heteroatoms. The maximum Gasteiger partial charge on any atom is 0.322 e. The molecule has 2 aromatic carbocycles. The molecule has 0 unspecified atom stereocenters. The van der Waals surface area contributed by atoms with Crippen LogP contribution in [0.4, 0.5) is 30.8 Å². The van der Waals surface area contributed by atoms with E-state index < -0.39 is 38.0 Å². The van der Waals surface area contributed by atoms with Crippen molar-refractivity contribution in [2.75, 3.05) is 75.1 Å². The van der Waals surface area contributed by atoms with Gasteiger partial charge in [-0.3, -0.25) is 9.89 Å². The number of aromatic nitrogens is 2.